The van der Waals surface area contributed by atoms with Gasteiger partial charge >= 0.3 is 0 Å². The molecule has 0 amide bonds. The van der Waals surface area contributed by atoms with Crippen LogP contribution < -0.4 is 4.74 Å². The number of methoxy groups -OCH3 is 1. The average molecular weight is 168 g/mol. The number of hydrogen-bond donors (Lipinski definition) is 0. The van der Waals surface area contributed by atoms with Crippen LogP contribution in [0.15, 0.2) is 24.3 Å². The Balaban J connectivity index is 2.66. The second-order valence-electron chi connectivity index (χ2n) is 2.38. The molecule has 1 unspecified atom stereocenters. The molecule has 0 aromatic heterocycles. The minimum atomic E-state index is 0.938. The quantitative estimate of drug-likeness (QED) is 0.630. The molecular weight excluding hydrogens is 155 g/mol. The van der Waals surface area contributed by atoms with E-state index < -0.39 is 0 Å². The number of rotatable bonds is 3. The van der Waals surface area contributed by atoms with Crippen molar-refractivity contribution in [3.05, 3.63) is 29.8 Å². The van der Waals surface area contributed by atoms with Gasteiger partial charge < -0.3 is 4.74 Å². The molecule has 60 valence electrons. The van der Waals surface area contributed by atoms with E-state index in [9.17, 15) is 0 Å². The van der Waals surface area contributed by atoms with E-state index in [-0.39, 0.29) is 0 Å². The molecule has 0 spiro atoms. The molecule has 1 atom stereocenters. The molecule has 0 aliphatic heterocycles. The van der Waals surface area contributed by atoms with E-state index in [0.29, 0.717) is 0 Å². The highest BCUT2D eigenvalue weighted by Gasteiger charge is 1.91. The van der Waals surface area contributed by atoms with Crippen molar-refractivity contribution in [2.24, 2.45) is 0 Å². The van der Waals surface area contributed by atoms with Crippen molar-refractivity contribution in [1.82, 2.24) is 0 Å². The van der Waals surface area contributed by atoms with Crippen LogP contribution in [0.3, 0.4) is 0 Å². The first kappa shape index (κ1) is 8.55. The lowest BCUT2D eigenvalue weighted by atomic mass is 10.2. The van der Waals surface area contributed by atoms with Crippen LogP contribution >= 0.6 is 8.58 Å². The summed E-state index contributed by atoms with van der Waals surface area (Å²) in [7, 11) is 2.68. The second-order valence-corrected chi connectivity index (χ2v) is 3.44. The Kier molecular flexibility index (Phi) is 3.38. The van der Waals surface area contributed by atoms with E-state index in [1.165, 1.54) is 11.7 Å². The van der Waals surface area contributed by atoms with Gasteiger partial charge in [-0.15, -0.1) is 8.58 Å². The average Bonchev–Trinajstić information content (AvgIpc) is 2.07. The van der Waals surface area contributed by atoms with Crippen molar-refractivity contribution in [3.63, 3.8) is 0 Å². The summed E-state index contributed by atoms with van der Waals surface area (Å²) in [5, 5.41) is 0. The molecule has 1 aromatic carbocycles. The lowest BCUT2D eigenvalue weighted by molar-refractivity contribution is 0.414. The topological polar surface area (TPSA) is 9.23 Å². The smallest absolute Gasteiger partial charge is 0.118 e. The van der Waals surface area contributed by atoms with E-state index in [1.54, 1.807) is 7.11 Å². The van der Waals surface area contributed by atoms with Crippen molar-refractivity contribution < 1.29 is 4.74 Å². The van der Waals surface area contributed by atoms with Gasteiger partial charge in [-0.2, -0.15) is 0 Å². The third-order valence-corrected chi connectivity index (χ3v) is 2.30. The summed E-state index contributed by atoms with van der Waals surface area (Å²) in [6.07, 6.45) is 1.18. The Morgan fingerprint density at radius 3 is 2.36 bits per heavy atom. The summed E-state index contributed by atoms with van der Waals surface area (Å²) >= 11 is 0. The summed E-state index contributed by atoms with van der Waals surface area (Å²) in [5.41, 5.74) is 1.40. The van der Waals surface area contributed by atoms with Crippen molar-refractivity contribution in [2.45, 2.75) is 6.16 Å². The summed E-state index contributed by atoms with van der Waals surface area (Å²) in [5.74, 6) is 0.938. The molecule has 0 radical (unpaired) electrons. The van der Waals surface area contributed by atoms with Gasteiger partial charge in [-0.1, -0.05) is 12.1 Å². The molecule has 0 fully saturated rings. The van der Waals surface area contributed by atoms with E-state index in [0.717, 1.165) is 14.3 Å². The van der Waals surface area contributed by atoms with Crippen LogP contribution in [0.4, 0.5) is 0 Å². The zero-order valence-electron chi connectivity index (χ0n) is 6.92. The SMILES string of the molecule is COc1ccc(CPC)cc1. The van der Waals surface area contributed by atoms with Crippen molar-refractivity contribution in [1.29, 1.82) is 0 Å². The standard InChI is InChI=1S/C9H13OP/c1-10-9-5-3-8(4-6-9)7-11-2/h3-6,11H,7H2,1-2H3. The van der Waals surface area contributed by atoms with Gasteiger partial charge in [0.1, 0.15) is 5.75 Å². The van der Waals surface area contributed by atoms with Crippen LogP contribution in [0.2, 0.25) is 0 Å². The van der Waals surface area contributed by atoms with Gasteiger partial charge in [0.2, 0.25) is 0 Å². The first-order valence-corrected chi connectivity index (χ1v) is 5.35. The molecule has 1 nitrogen and oxygen atoms in total. The molecule has 0 saturated carbocycles. The molecule has 0 N–H and O–H groups in total. The molecule has 0 aliphatic carbocycles. The first-order valence-electron chi connectivity index (χ1n) is 3.64. The monoisotopic (exact) mass is 168 g/mol. The molecule has 2 heteroatoms. The summed E-state index contributed by atoms with van der Waals surface area (Å²) in [6, 6.07) is 8.26. The van der Waals surface area contributed by atoms with Gasteiger partial charge in [-0.3, -0.25) is 0 Å². The Bertz CT molecular complexity index is 205. The fraction of sp³-hybridized carbons (Fsp3) is 0.333. The number of ether oxygens (including phenoxy) is 1. The normalized spacial score (nSPS) is 10.7. The van der Waals surface area contributed by atoms with Crippen LogP contribution in [-0.4, -0.2) is 13.8 Å². The fourth-order valence-corrected chi connectivity index (χ4v) is 1.59. The number of benzene rings is 1. The molecular formula is C9H13OP. The maximum Gasteiger partial charge on any atom is 0.118 e. The van der Waals surface area contributed by atoms with Gasteiger partial charge in [0.25, 0.3) is 0 Å². The van der Waals surface area contributed by atoms with Crippen LogP contribution in [0.25, 0.3) is 0 Å². The van der Waals surface area contributed by atoms with Crippen LogP contribution in [0, 0.1) is 0 Å². The van der Waals surface area contributed by atoms with E-state index >= 15 is 0 Å². The molecule has 1 aromatic rings. The van der Waals surface area contributed by atoms with E-state index in [2.05, 4.69) is 18.8 Å². The summed E-state index contributed by atoms with van der Waals surface area (Å²) in [4.78, 5) is 0. The fourth-order valence-electron chi connectivity index (χ4n) is 0.948. The molecule has 0 heterocycles. The van der Waals surface area contributed by atoms with Crippen LogP contribution in [0.5, 0.6) is 5.75 Å². The third kappa shape index (κ3) is 2.51. The van der Waals surface area contributed by atoms with Gasteiger partial charge in [-0.25, -0.2) is 0 Å². The lowest BCUT2D eigenvalue weighted by Crippen LogP contribution is -1.82. The van der Waals surface area contributed by atoms with Gasteiger partial charge in [-0.05, 0) is 30.5 Å². The Morgan fingerprint density at radius 1 is 1.27 bits per heavy atom. The Labute approximate surface area is 69.6 Å². The van der Waals surface area contributed by atoms with E-state index in [4.69, 9.17) is 4.74 Å². The van der Waals surface area contributed by atoms with Gasteiger partial charge in [0.05, 0.1) is 7.11 Å². The highest BCUT2D eigenvalue weighted by atomic mass is 31.1. The first-order chi connectivity index (χ1) is 5.36. The van der Waals surface area contributed by atoms with Crippen LogP contribution in [-0.2, 0) is 6.16 Å². The van der Waals surface area contributed by atoms with Crippen molar-refractivity contribution >= 4 is 8.58 Å². The number of hydrogen-bond acceptors (Lipinski definition) is 1. The van der Waals surface area contributed by atoms with Crippen LogP contribution in [0.1, 0.15) is 5.56 Å². The second kappa shape index (κ2) is 4.35. The van der Waals surface area contributed by atoms with Gasteiger partial charge in [0.15, 0.2) is 0 Å². The maximum atomic E-state index is 5.05. The molecule has 0 bridgehead atoms. The predicted molar refractivity (Wildman–Crippen MR) is 50.9 cm³/mol. The van der Waals surface area contributed by atoms with Gasteiger partial charge in [0, 0.05) is 0 Å². The molecule has 11 heavy (non-hydrogen) atoms. The predicted octanol–water partition coefficient (Wildman–Crippen LogP) is 2.50. The zero-order chi connectivity index (χ0) is 8.10. The Morgan fingerprint density at radius 2 is 1.91 bits per heavy atom. The highest BCUT2D eigenvalue weighted by Crippen LogP contribution is 2.17. The summed E-state index contributed by atoms with van der Waals surface area (Å²) in [6.45, 7) is 2.21. The van der Waals surface area contributed by atoms with Crippen molar-refractivity contribution in [3.8, 4) is 5.75 Å². The highest BCUT2D eigenvalue weighted by molar-refractivity contribution is 7.36. The third-order valence-electron chi connectivity index (χ3n) is 1.54. The Hall–Kier alpha value is -0.550. The maximum absolute atomic E-state index is 5.05. The summed E-state index contributed by atoms with van der Waals surface area (Å²) < 4.78 is 5.05. The zero-order valence-corrected chi connectivity index (χ0v) is 7.92. The van der Waals surface area contributed by atoms with Crippen molar-refractivity contribution in [2.75, 3.05) is 13.8 Å². The minimum absolute atomic E-state index is 0.938. The van der Waals surface area contributed by atoms with E-state index in [1.807, 2.05) is 12.1 Å². The molecule has 1 rings (SSSR count). The lowest BCUT2D eigenvalue weighted by Gasteiger charge is -2.00. The molecule has 0 saturated heterocycles. The minimum Gasteiger partial charge on any atom is -0.497 e. The molecule has 0 aliphatic rings. The largest absolute Gasteiger partial charge is 0.497 e.